The van der Waals surface area contributed by atoms with Crippen molar-refractivity contribution in [3.63, 3.8) is 0 Å². The Kier molecular flexibility index (Phi) is 3.04. The zero-order chi connectivity index (χ0) is 10.7. The Labute approximate surface area is 92.9 Å². The van der Waals surface area contributed by atoms with Crippen molar-refractivity contribution in [2.45, 2.75) is 12.5 Å². The van der Waals surface area contributed by atoms with Crippen LogP contribution in [0.5, 0.6) is 0 Å². The summed E-state index contributed by atoms with van der Waals surface area (Å²) in [5.74, 6) is 0.767. The van der Waals surface area contributed by atoms with Crippen LogP contribution >= 0.6 is 11.6 Å². The number of halogens is 1. The summed E-state index contributed by atoms with van der Waals surface area (Å²) in [4.78, 5) is 3.92. The lowest BCUT2D eigenvalue weighted by Gasteiger charge is -2.09. The largest absolute Gasteiger partial charge is 0.468 e. The molecule has 4 heteroatoms. The summed E-state index contributed by atoms with van der Waals surface area (Å²) in [6, 6.07) is 5.38. The fourth-order valence-electron chi connectivity index (χ4n) is 1.41. The molecule has 2 aromatic heterocycles. The van der Waals surface area contributed by atoms with Gasteiger partial charge in [-0.25, -0.2) is 0 Å². The normalized spacial score (nSPS) is 12.7. The average Bonchev–Trinajstić information content (AvgIpc) is 2.74. The molecule has 0 radical (unpaired) electrons. The topological polar surface area (TPSA) is 52.0 Å². The summed E-state index contributed by atoms with van der Waals surface area (Å²) in [6.07, 6.45) is 5.58. The van der Waals surface area contributed by atoms with Gasteiger partial charge in [-0.1, -0.05) is 11.6 Å². The molecule has 0 saturated carbocycles. The molecule has 0 aliphatic carbocycles. The summed E-state index contributed by atoms with van der Waals surface area (Å²) in [6.45, 7) is 0. The van der Waals surface area contributed by atoms with E-state index in [2.05, 4.69) is 4.98 Å². The van der Waals surface area contributed by atoms with Crippen molar-refractivity contribution in [2.24, 2.45) is 5.73 Å². The van der Waals surface area contributed by atoms with Gasteiger partial charge >= 0.3 is 0 Å². The summed E-state index contributed by atoms with van der Waals surface area (Å²) in [5, 5.41) is 0.638. The maximum Gasteiger partial charge on any atom is 0.120 e. The number of pyridine rings is 1. The quantitative estimate of drug-likeness (QED) is 0.869. The van der Waals surface area contributed by atoms with Crippen molar-refractivity contribution in [3.8, 4) is 0 Å². The van der Waals surface area contributed by atoms with Gasteiger partial charge in [-0.05, 0) is 30.2 Å². The third kappa shape index (κ3) is 2.37. The zero-order valence-electron chi connectivity index (χ0n) is 8.06. The van der Waals surface area contributed by atoms with E-state index in [1.807, 2.05) is 18.2 Å². The second-order valence-electron chi connectivity index (χ2n) is 3.29. The van der Waals surface area contributed by atoms with E-state index in [0.717, 1.165) is 11.3 Å². The highest BCUT2D eigenvalue weighted by molar-refractivity contribution is 6.31. The maximum absolute atomic E-state index is 5.98. The highest BCUT2D eigenvalue weighted by Gasteiger charge is 2.11. The van der Waals surface area contributed by atoms with Crippen LogP contribution in [-0.4, -0.2) is 4.98 Å². The Hall–Kier alpha value is -1.32. The second-order valence-corrected chi connectivity index (χ2v) is 3.70. The van der Waals surface area contributed by atoms with Gasteiger partial charge in [-0.2, -0.15) is 0 Å². The molecule has 2 aromatic rings. The molecule has 15 heavy (non-hydrogen) atoms. The zero-order valence-corrected chi connectivity index (χ0v) is 8.82. The maximum atomic E-state index is 5.98. The molecule has 2 N–H and O–H groups in total. The van der Waals surface area contributed by atoms with Crippen LogP contribution in [0.25, 0.3) is 0 Å². The van der Waals surface area contributed by atoms with Gasteiger partial charge in [0.1, 0.15) is 5.76 Å². The summed E-state index contributed by atoms with van der Waals surface area (Å²) >= 11 is 5.98. The van der Waals surface area contributed by atoms with Gasteiger partial charge in [0.2, 0.25) is 0 Å². The van der Waals surface area contributed by atoms with E-state index in [1.54, 1.807) is 18.7 Å². The first-order valence-electron chi connectivity index (χ1n) is 4.65. The molecule has 0 aromatic carbocycles. The van der Waals surface area contributed by atoms with Crippen molar-refractivity contribution < 1.29 is 4.42 Å². The van der Waals surface area contributed by atoms with E-state index >= 15 is 0 Å². The Morgan fingerprint density at radius 2 is 2.33 bits per heavy atom. The smallest absolute Gasteiger partial charge is 0.120 e. The number of hydrogen-bond donors (Lipinski definition) is 1. The number of aromatic nitrogens is 1. The third-order valence-electron chi connectivity index (χ3n) is 2.20. The van der Waals surface area contributed by atoms with Crippen molar-refractivity contribution >= 4 is 11.6 Å². The molecular weight excluding hydrogens is 212 g/mol. The first-order chi connectivity index (χ1) is 7.27. The summed E-state index contributed by atoms with van der Waals surface area (Å²) < 4.78 is 5.22. The predicted molar refractivity (Wildman–Crippen MR) is 58.6 cm³/mol. The Morgan fingerprint density at radius 3 is 3.00 bits per heavy atom. The molecule has 78 valence electrons. The van der Waals surface area contributed by atoms with Crippen LogP contribution in [0.3, 0.4) is 0 Å². The lowest BCUT2D eigenvalue weighted by molar-refractivity contribution is 0.464. The molecule has 0 amide bonds. The Balaban J connectivity index is 2.13. The molecule has 1 unspecified atom stereocenters. The van der Waals surface area contributed by atoms with E-state index < -0.39 is 0 Å². The molecule has 2 rings (SSSR count). The molecule has 1 atom stereocenters. The molecule has 0 aliphatic heterocycles. The SMILES string of the molecule is NC(Cc1ccncc1Cl)c1ccco1. The van der Waals surface area contributed by atoms with Crippen LogP contribution in [0, 0.1) is 0 Å². The predicted octanol–water partition coefficient (Wildman–Crippen LogP) is 2.57. The fourth-order valence-corrected chi connectivity index (χ4v) is 1.61. The van der Waals surface area contributed by atoms with Crippen LogP contribution in [0.15, 0.2) is 41.3 Å². The highest BCUT2D eigenvalue weighted by Crippen LogP contribution is 2.21. The van der Waals surface area contributed by atoms with Gasteiger partial charge in [0.15, 0.2) is 0 Å². The fraction of sp³-hybridized carbons (Fsp3) is 0.182. The van der Waals surface area contributed by atoms with Crippen LogP contribution in [0.2, 0.25) is 5.02 Å². The summed E-state index contributed by atoms with van der Waals surface area (Å²) in [7, 11) is 0. The van der Waals surface area contributed by atoms with E-state index in [4.69, 9.17) is 21.8 Å². The molecule has 0 spiro atoms. The van der Waals surface area contributed by atoms with Gasteiger partial charge < -0.3 is 10.2 Å². The Bertz CT molecular complexity index is 428. The number of nitrogens with zero attached hydrogens (tertiary/aromatic N) is 1. The van der Waals surface area contributed by atoms with Crippen LogP contribution in [0.1, 0.15) is 17.4 Å². The number of furan rings is 1. The van der Waals surface area contributed by atoms with Crippen LogP contribution < -0.4 is 5.73 Å². The van der Waals surface area contributed by atoms with Gasteiger partial charge in [0, 0.05) is 12.4 Å². The number of hydrogen-bond acceptors (Lipinski definition) is 3. The molecular formula is C11H11ClN2O. The monoisotopic (exact) mass is 222 g/mol. The lowest BCUT2D eigenvalue weighted by Crippen LogP contribution is -2.12. The molecule has 0 bridgehead atoms. The van der Waals surface area contributed by atoms with Gasteiger partial charge in [-0.3, -0.25) is 4.98 Å². The molecule has 2 heterocycles. The van der Waals surface area contributed by atoms with Crippen molar-refractivity contribution in [1.82, 2.24) is 4.98 Å². The Morgan fingerprint density at radius 1 is 1.47 bits per heavy atom. The van der Waals surface area contributed by atoms with E-state index in [0.29, 0.717) is 11.4 Å². The van der Waals surface area contributed by atoms with E-state index in [9.17, 15) is 0 Å². The minimum atomic E-state index is -0.167. The molecule has 3 nitrogen and oxygen atoms in total. The van der Waals surface area contributed by atoms with Crippen molar-refractivity contribution in [1.29, 1.82) is 0 Å². The van der Waals surface area contributed by atoms with E-state index in [1.165, 1.54) is 0 Å². The third-order valence-corrected chi connectivity index (χ3v) is 2.55. The van der Waals surface area contributed by atoms with Crippen LogP contribution in [0.4, 0.5) is 0 Å². The van der Waals surface area contributed by atoms with Gasteiger partial charge in [0.25, 0.3) is 0 Å². The van der Waals surface area contributed by atoms with E-state index in [-0.39, 0.29) is 6.04 Å². The average molecular weight is 223 g/mol. The molecule has 0 aliphatic rings. The number of rotatable bonds is 3. The number of nitrogens with two attached hydrogens (primary N) is 1. The van der Waals surface area contributed by atoms with Gasteiger partial charge in [-0.15, -0.1) is 0 Å². The standard InChI is InChI=1S/C11H11ClN2O/c12-9-7-14-4-3-8(9)6-10(13)11-2-1-5-15-11/h1-5,7,10H,6,13H2. The van der Waals surface area contributed by atoms with Crippen molar-refractivity contribution in [2.75, 3.05) is 0 Å². The van der Waals surface area contributed by atoms with Gasteiger partial charge in [0.05, 0.1) is 17.3 Å². The highest BCUT2D eigenvalue weighted by atomic mass is 35.5. The molecule has 0 saturated heterocycles. The second kappa shape index (κ2) is 4.47. The first kappa shape index (κ1) is 10.2. The summed E-state index contributed by atoms with van der Waals surface area (Å²) in [5.41, 5.74) is 6.95. The van der Waals surface area contributed by atoms with Crippen molar-refractivity contribution in [3.05, 3.63) is 53.2 Å². The first-order valence-corrected chi connectivity index (χ1v) is 5.02. The lowest BCUT2D eigenvalue weighted by atomic mass is 10.1. The minimum absolute atomic E-state index is 0.167. The molecule has 0 fully saturated rings. The van der Waals surface area contributed by atoms with Crippen LogP contribution in [-0.2, 0) is 6.42 Å². The minimum Gasteiger partial charge on any atom is -0.468 e.